The molecule has 7 nitrogen and oxygen atoms in total. The molecule has 4 aromatic rings. The molecule has 0 aliphatic rings. The van der Waals surface area contributed by atoms with E-state index in [2.05, 4.69) is 62.6 Å². The van der Waals surface area contributed by atoms with Crippen molar-refractivity contribution < 1.29 is 4.79 Å². The van der Waals surface area contributed by atoms with Gasteiger partial charge in [0, 0.05) is 29.7 Å². The molecule has 0 bridgehead atoms. The van der Waals surface area contributed by atoms with Gasteiger partial charge in [0.1, 0.15) is 5.69 Å². The van der Waals surface area contributed by atoms with Crippen molar-refractivity contribution in [3.8, 4) is 11.3 Å². The number of benzene rings is 2. The summed E-state index contributed by atoms with van der Waals surface area (Å²) in [6.07, 6.45) is 0. The largest absolute Gasteiger partial charge is 0.364 e. The fraction of sp³-hybridized carbons (Fsp3) is 0.320. The Kier molecular flexibility index (Phi) is 6.81. The monoisotopic (exact) mass is 496 g/mol. The van der Waals surface area contributed by atoms with Crippen LogP contribution in [0.3, 0.4) is 0 Å². The minimum absolute atomic E-state index is 0.108. The molecule has 0 aliphatic heterocycles. The number of anilines is 2. The average molecular weight is 497 g/mol. The molecule has 0 unspecified atom stereocenters. The zero-order chi connectivity index (χ0) is 24.5. The van der Waals surface area contributed by atoms with Crippen LogP contribution in [0.25, 0.3) is 16.2 Å². The highest BCUT2D eigenvalue weighted by atomic mass is 35.5. The molecule has 2 N–H and O–H groups in total. The van der Waals surface area contributed by atoms with E-state index in [1.54, 1.807) is 0 Å². The van der Waals surface area contributed by atoms with Crippen molar-refractivity contribution in [2.24, 2.45) is 0 Å². The highest BCUT2D eigenvalue weighted by Crippen LogP contribution is 2.34. The molecule has 0 saturated carbocycles. The molecule has 0 fully saturated rings. The first-order valence-corrected chi connectivity index (χ1v) is 12.3. The van der Waals surface area contributed by atoms with Gasteiger partial charge in [-0.2, -0.15) is 4.52 Å². The zero-order valence-electron chi connectivity index (χ0n) is 20.0. The van der Waals surface area contributed by atoms with E-state index in [0.717, 1.165) is 27.6 Å². The van der Waals surface area contributed by atoms with E-state index in [1.165, 1.54) is 16.9 Å². The molecule has 0 atom stereocenters. The van der Waals surface area contributed by atoms with Crippen molar-refractivity contribution in [3.05, 3.63) is 64.7 Å². The Bertz CT molecular complexity index is 1310. The Morgan fingerprint density at radius 1 is 1.15 bits per heavy atom. The van der Waals surface area contributed by atoms with Gasteiger partial charge in [-0.05, 0) is 39.3 Å². The second kappa shape index (κ2) is 9.64. The van der Waals surface area contributed by atoms with Gasteiger partial charge in [-0.25, -0.2) is 4.98 Å². The summed E-state index contributed by atoms with van der Waals surface area (Å²) in [5.41, 5.74) is 3.80. The normalized spacial score (nSPS) is 11.6. The third-order valence-electron chi connectivity index (χ3n) is 5.15. The molecule has 0 saturated heterocycles. The fourth-order valence-corrected chi connectivity index (χ4v) is 4.51. The number of nitrogens with zero attached hydrogens (tertiary/aromatic N) is 4. The Balaban J connectivity index is 1.54. The Hall–Kier alpha value is -3.10. The maximum Gasteiger partial charge on any atom is 0.239 e. The van der Waals surface area contributed by atoms with Crippen LogP contribution in [0.2, 0.25) is 5.02 Å². The second-order valence-electron chi connectivity index (χ2n) is 9.35. The van der Waals surface area contributed by atoms with E-state index >= 15 is 0 Å². The van der Waals surface area contributed by atoms with E-state index in [1.807, 2.05) is 40.7 Å². The number of halogens is 1. The first kappa shape index (κ1) is 24.0. The number of nitrogens with one attached hydrogen (secondary N) is 2. The van der Waals surface area contributed by atoms with Crippen LogP contribution in [0.15, 0.2) is 48.5 Å². The molecule has 2 heterocycles. The van der Waals surface area contributed by atoms with Gasteiger partial charge in [0.05, 0.1) is 6.54 Å². The highest BCUT2D eigenvalue weighted by Gasteiger charge is 2.23. The lowest BCUT2D eigenvalue weighted by molar-refractivity contribution is -0.119. The molecule has 2 aromatic carbocycles. The summed E-state index contributed by atoms with van der Waals surface area (Å²) in [5, 5.41) is 12.6. The van der Waals surface area contributed by atoms with Gasteiger partial charge in [0.25, 0.3) is 0 Å². The number of aromatic nitrogens is 3. The molecule has 0 radical (unpaired) electrons. The number of amides is 1. The van der Waals surface area contributed by atoms with Crippen LogP contribution < -0.4 is 15.5 Å². The van der Waals surface area contributed by atoms with Crippen molar-refractivity contribution in [1.29, 1.82) is 0 Å². The Morgan fingerprint density at radius 2 is 1.85 bits per heavy atom. The highest BCUT2D eigenvalue weighted by molar-refractivity contribution is 7.20. The zero-order valence-corrected chi connectivity index (χ0v) is 21.6. The Morgan fingerprint density at radius 3 is 2.53 bits per heavy atom. The summed E-state index contributed by atoms with van der Waals surface area (Å²) in [5.74, 6) is 0.731. The number of imidazole rings is 1. The van der Waals surface area contributed by atoms with Gasteiger partial charge in [-0.15, -0.1) is 5.10 Å². The Labute approximate surface area is 208 Å². The minimum Gasteiger partial charge on any atom is -0.364 e. The summed E-state index contributed by atoms with van der Waals surface area (Å²) in [6.45, 7) is 8.94. The van der Waals surface area contributed by atoms with Crippen molar-refractivity contribution in [1.82, 2.24) is 19.9 Å². The second-order valence-corrected chi connectivity index (χ2v) is 10.7. The fourth-order valence-electron chi connectivity index (χ4n) is 3.45. The number of rotatable bonds is 7. The standard InChI is InChI=1S/C25H29ClN6OS/c1-16-10-12-17(13-11-16)21-22(29-25(2,3)4)32-23(28-21)34-24(30-32)31(5)15-20(33)27-14-18-8-6-7-9-19(18)26/h6-13,29H,14-15H2,1-5H3,(H,27,33). The molecular weight excluding hydrogens is 468 g/mol. The van der Waals surface area contributed by atoms with Gasteiger partial charge in [0.15, 0.2) is 5.82 Å². The summed E-state index contributed by atoms with van der Waals surface area (Å²) >= 11 is 7.63. The number of carbonyl (C=O) groups is 1. The van der Waals surface area contributed by atoms with Crippen LogP contribution >= 0.6 is 22.9 Å². The lowest BCUT2D eigenvalue weighted by Crippen LogP contribution is -2.34. The molecule has 2 aromatic heterocycles. The van der Waals surface area contributed by atoms with E-state index in [-0.39, 0.29) is 18.0 Å². The molecule has 0 spiro atoms. The smallest absolute Gasteiger partial charge is 0.239 e. The summed E-state index contributed by atoms with van der Waals surface area (Å²) in [6, 6.07) is 15.8. The molecule has 0 aliphatic carbocycles. The predicted octanol–water partition coefficient (Wildman–Crippen LogP) is 5.38. The number of carbonyl (C=O) groups excluding carboxylic acids is 1. The predicted molar refractivity (Wildman–Crippen MR) is 141 cm³/mol. The van der Waals surface area contributed by atoms with E-state index in [0.29, 0.717) is 16.7 Å². The molecule has 178 valence electrons. The first-order valence-electron chi connectivity index (χ1n) is 11.1. The third kappa shape index (κ3) is 5.51. The number of fused-ring (bicyclic) bond motifs is 1. The van der Waals surface area contributed by atoms with E-state index in [4.69, 9.17) is 21.7 Å². The number of likely N-dealkylation sites (N-methyl/N-ethyl adjacent to an activating group) is 1. The van der Waals surface area contributed by atoms with Crippen LogP contribution in [0.4, 0.5) is 10.9 Å². The van der Waals surface area contributed by atoms with Gasteiger partial charge in [-0.1, -0.05) is 71.0 Å². The van der Waals surface area contributed by atoms with Crippen LogP contribution in [-0.4, -0.2) is 39.6 Å². The minimum atomic E-state index is -0.177. The molecule has 34 heavy (non-hydrogen) atoms. The van der Waals surface area contributed by atoms with E-state index < -0.39 is 0 Å². The first-order chi connectivity index (χ1) is 16.1. The van der Waals surface area contributed by atoms with Crippen LogP contribution in [0.5, 0.6) is 0 Å². The molecular formula is C25H29ClN6OS. The SMILES string of the molecule is Cc1ccc(-c2nc3sc(N(C)CC(=O)NCc4ccccc4Cl)nn3c2NC(C)(C)C)cc1. The summed E-state index contributed by atoms with van der Waals surface area (Å²) < 4.78 is 1.83. The number of aryl methyl sites for hydroxylation is 1. The van der Waals surface area contributed by atoms with Crippen molar-refractivity contribution in [3.63, 3.8) is 0 Å². The lowest BCUT2D eigenvalue weighted by atomic mass is 10.1. The van der Waals surface area contributed by atoms with Gasteiger partial charge in [0.2, 0.25) is 16.0 Å². The van der Waals surface area contributed by atoms with Crippen LogP contribution in [0, 0.1) is 6.92 Å². The maximum absolute atomic E-state index is 12.5. The third-order valence-corrected chi connectivity index (χ3v) is 6.54. The summed E-state index contributed by atoms with van der Waals surface area (Å²) in [7, 11) is 1.85. The summed E-state index contributed by atoms with van der Waals surface area (Å²) in [4.78, 5) is 20.0. The van der Waals surface area contributed by atoms with Crippen molar-refractivity contribution in [2.75, 3.05) is 23.8 Å². The van der Waals surface area contributed by atoms with Gasteiger partial charge >= 0.3 is 0 Å². The number of hydrogen-bond acceptors (Lipinski definition) is 6. The topological polar surface area (TPSA) is 74.6 Å². The van der Waals surface area contributed by atoms with E-state index in [9.17, 15) is 4.79 Å². The maximum atomic E-state index is 12.5. The molecule has 1 amide bonds. The average Bonchev–Trinajstić information content (AvgIpc) is 3.32. The van der Waals surface area contributed by atoms with Crippen LogP contribution in [0.1, 0.15) is 31.9 Å². The van der Waals surface area contributed by atoms with Crippen LogP contribution in [-0.2, 0) is 11.3 Å². The molecule has 9 heteroatoms. The van der Waals surface area contributed by atoms with Crippen molar-refractivity contribution >= 4 is 44.8 Å². The van der Waals surface area contributed by atoms with Gasteiger partial charge < -0.3 is 15.5 Å². The van der Waals surface area contributed by atoms with Crippen molar-refractivity contribution in [2.45, 2.75) is 39.8 Å². The lowest BCUT2D eigenvalue weighted by Gasteiger charge is -2.22. The molecule has 4 rings (SSSR count). The quantitative estimate of drug-likeness (QED) is 0.359. The van der Waals surface area contributed by atoms with Gasteiger partial charge in [-0.3, -0.25) is 4.79 Å². The number of hydrogen-bond donors (Lipinski definition) is 2.